The summed E-state index contributed by atoms with van der Waals surface area (Å²) >= 11 is 0. The summed E-state index contributed by atoms with van der Waals surface area (Å²) in [5.74, 6) is 0.362. The minimum atomic E-state index is -0.503. The van der Waals surface area contributed by atoms with E-state index in [1.807, 2.05) is 36.3 Å². The van der Waals surface area contributed by atoms with Gasteiger partial charge < -0.3 is 19.7 Å². The lowest BCUT2D eigenvalue weighted by Gasteiger charge is -2.38. The Morgan fingerprint density at radius 2 is 2.11 bits per heavy atom. The van der Waals surface area contributed by atoms with Gasteiger partial charge in [-0.2, -0.15) is 5.10 Å². The van der Waals surface area contributed by atoms with Crippen LogP contribution in [0.1, 0.15) is 30.6 Å². The molecule has 36 heavy (non-hydrogen) atoms. The Morgan fingerprint density at radius 1 is 1.22 bits per heavy atom. The standard InChI is InChI=1S/C25H29N7O4/c1-15(33)31-8-5-20-22(23(31)17-6-10-35-14-17)24(29-28-20)36-25(34)32-9-7-26-19-4-3-16(11-21(19)32)18-12-27-30(2)13-18/h3-4,11-13,17,23,26H,5-10,14H2,1-2H3,(H,28,29)/t17?,23-/m1/s1. The van der Waals surface area contributed by atoms with E-state index >= 15 is 0 Å². The molecule has 3 aromatic rings. The van der Waals surface area contributed by atoms with E-state index in [4.69, 9.17) is 9.47 Å². The van der Waals surface area contributed by atoms with E-state index in [0.717, 1.165) is 40.2 Å². The molecule has 6 rings (SSSR count). The number of aryl methyl sites for hydroxylation is 1. The maximum atomic E-state index is 13.5. The number of ether oxygens (including phenoxy) is 2. The summed E-state index contributed by atoms with van der Waals surface area (Å²) in [5.41, 5.74) is 5.22. The number of fused-ring (bicyclic) bond motifs is 2. The van der Waals surface area contributed by atoms with Crippen molar-refractivity contribution in [1.29, 1.82) is 0 Å². The van der Waals surface area contributed by atoms with Crippen molar-refractivity contribution in [3.05, 3.63) is 41.9 Å². The molecule has 0 saturated carbocycles. The molecule has 0 spiro atoms. The molecule has 11 heteroatoms. The molecule has 0 radical (unpaired) electrons. The minimum absolute atomic E-state index is 0.00464. The molecular weight excluding hydrogens is 462 g/mol. The van der Waals surface area contributed by atoms with E-state index in [1.165, 1.54) is 0 Å². The SMILES string of the molecule is CC(=O)N1CCc2[nH]nc(OC(=O)N3CCNc4ccc(-c5cnn(C)c5)cc43)c2[C@H]1C1CCOC1. The molecule has 2 atom stereocenters. The summed E-state index contributed by atoms with van der Waals surface area (Å²) < 4.78 is 13.3. The van der Waals surface area contributed by atoms with Crippen LogP contribution in [0.4, 0.5) is 16.2 Å². The number of rotatable bonds is 3. The van der Waals surface area contributed by atoms with E-state index in [1.54, 1.807) is 22.7 Å². The number of carbonyl (C=O) groups excluding carboxylic acids is 2. The van der Waals surface area contributed by atoms with E-state index in [2.05, 4.69) is 20.6 Å². The third-order valence-corrected chi connectivity index (χ3v) is 7.28. The Balaban J connectivity index is 1.31. The fourth-order valence-electron chi connectivity index (χ4n) is 5.52. The van der Waals surface area contributed by atoms with E-state index in [9.17, 15) is 9.59 Å². The number of amides is 2. The molecule has 1 aromatic carbocycles. The quantitative estimate of drug-likeness (QED) is 0.578. The Labute approximate surface area is 208 Å². The summed E-state index contributed by atoms with van der Waals surface area (Å²) in [5, 5.41) is 15.0. The first kappa shape index (κ1) is 22.6. The zero-order chi connectivity index (χ0) is 24.8. The van der Waals surface area contributed by atoms with Crippen LogP contribution in [0.2, 0.25) is 0 Å². The van der Waals surface area contributed by atoms with Crippen LogP contribution in [0.5, 0.6) is 5.88 Å². The molecule has 5 heterocycles. The van der Waals surface area contributed by atoms with Gasteiger partial charge in [-0.25, -0.2) is 4.79 Å². The van der Waals surface area contributed by atoms with Gasteiger partial charge in [0.2, 0.25) is 11.8 Å². The lowest BCUT2D eigenvalue weighted by Crippen LogP contribution is -2.43. The van der Waals surface area contributed by atoms with E-state index < -0.39 is 6.09 Å². The van der Waals surface area contributed by atoms with Crippen LogP contribution >= 0.6 is 0 Å². The van der Waals surface area contributed by atoms with Crippen molar-refractivity contribution in [3.63, 3.8) is 0 Å². The molecule has 1 unspecified atom stereocenters. The first-order valence-corrected chi connectivity index (χ1v) is 12.3. The number of hydrogen-bond donors (Lipinski definition) is 2. The van der Waals surface area contributed by atoms with Gasteiger partial charge in [0.15, 0.2) is 0 Å². The van der Waals surface area contributed by atoms with Crippen LogP contribution in [0.25, 0.3) is 11.1 Å². The van der Waals surface area contributed by atoms with Gasteiger partial charge in [-0.1, -0.05) is 6.07 Å². The zero-order valence-electron chi connectivity index (χ0n) is 20.4. The van der Waals surface area contributed by atoms with Crippen molar-refractivity contribution in [2.45, 2.75) is 25.8 Å². The maximum Gasteiger partial charge on any atom is 0.421 e. The second-order valence-electron chi connectivity index (χ2n) is 9.53. The molecule has 0 bridgehead atoms. The van der Waals surface area contributed by atoms with Crippen LogP contribution in [0, 0.1) is 5.92 Å². The summed E-state index contributed by atoms with van der Waals surface area (Å²) in [6.07, 6.45) is 4.70. The van der Waals surface area contributed by atoms with E-state index in [0.29, 0.717) is 39.3 Å². The Morgan fingerprint density at radius 3 is 2.86 bits per heavy atom. The highest BCUT2D eigenvalue weighted by atomic mass is 16.6. The molecule has 11 nitrogen and oxygen atoms in total. The minimum Gasteiger partial charge on any atom is -0.389 e. The number of aromatic amines is 1. The predicted octanol–water partition coefficient (Wildman–Crippen LogP) is 2.72. The second kappa shape index (κ2) is 8.98. The summed E-state index contributed by atoms with van der Waals surface area (Å²) in [7, 11) is 1.87. The molecule has 1 saturated heterocycles. The number of H-pyrrole nitrogens is 1. The number of nitrogens with one attached hydrogen (secondary N) is 2. The smallest absolute Gasteiger partial charge is 0.389 e. The van der Waals surface area contributed by atoms with Crippen molar-refractivity contribution in [1.82, 2.24) is 24.9 Å². The lowest BCUT2D eigenvalue weighted by molar-refractivity contribution is -0.133. The van der Waals surface area contributed by atoms with Gasteiger partial charge >= 0.3 is 6.09 Å². The monoisotopic (exact) mass is 491 g/mol. The summed E-state index contributed by atoms with van der Waals surface area (Å²) in [6, 6.07) is 5.71. The van der Waals surface area contributed by atoms with Gasteiger partial charge in [0.05, 0.1) is 35.8 Å². The largest absolute Gasteiger partial charge is 0.421 e. The van der Waals surface area contributed by atoms with Gasteiger partial charge in [0.25, 0.3) is 0 Å². The summed E-state index contributed by atoms with van der Waals surface area (Å²) in [4.78, 5) is 29.5. The molecular formula is C25H29N7O4. The first-order chi connectivity index (χ1) is 17.5. The number of hydrogen-bond acceptors (Lipinski definition) is 7. The number of anilines is 2. The normalized spacial score (nSPS) is 21.1. The van der Waals surface area contributed by atoms with Gasteiger partial charge in [-0.3, -0.25) is 19.5 Å². The van der Waals surface area contributed by atoms with Crippen molar-refractivity contribution in [3.8, 4) is 17.0 Å². The molecule has 0 aliphatic carbocycles. The first-order valence-electron chi connectivity index (χ1n) is 12.3. The maximum absolute atomic E-state index is 13.5. The average Bonchev–Trinajstić information content (AvgIpc) is 3.64. The highest BCUT2D eigenvalue weighted by molar-refractivity contribution is 5.95. The van der Waals surface area contributed by atoms with Crippen molar-refractivity contribution in [2.75, 3.05) is 43.1 Å². The molecule has 1 fully saturated rings. The third-order valence-electron chi connectivity index (χ3n) is 7.28. The fourth-order valence-corrected chi connectivity index (χ4v) is 5.52. The van der Waals surface area contributed by atoms with Crippen LogP contribution in [-0.4, -0.2) is 69.7 Å². The third kappa shape index (κ3) is 3.89. The van der Waals surface area contributed by atoms with Crippen molar-refractivity contribution >= 4 is 23.4 Å². The predicted molar refractivity (Wildman–Crippen MR) is 132 cm³/mol. The van der Waals surface area contributed by atoms with Gasteiger partial charge in [-0.15, -0.1) is 5.10 Å². The van der Waals surface area contributed by atoms with E-state index in [-0.39, 0.29) is 23.7 Å². The Bertz CT molecular complexity index is 1310. The highest BCUT2D eigenvalue weighted by Crippen LogP contribution is 2.43. The fraction of sp³-hybridized carbons (Fsp3) is 0.440. The number of aromatic nitrogens is 4. The van der Waals surface area contributed by atoms with Gasteiger partial charge in [-0.05, 0) is 24.1 Å². The van der Waals surface area contributed by atoms with Gasteiger partial charge in [0.1, 0.15) is 0 Å². The molecule has 2 N–H and O–H groups in total. The number of carbonyl (C=O) groups is 2. The zero-order valence-corrected chi connectivity index (χ0v) is 20.4. The lowest BCUT2D eigenvalue weighted by atomic mass is 9.87. The number of benzene rings is 1. The van der Waals surface area contributed by atoms with Gasteiger partial charge in [0, 0.05) is 70.0 Å². The molecule has 3 aliphatic heterocycles. The topological polar surface area (TPSA) is 118 Å². The van der Waals surface area contributed by atoms with Crippen molar-refractivity contribution in [2.24, 2.45) is 13.0 Å². The summed E-state index contributed by atoms with van der Waals surface area (Å²) in [6.45, 7) is 4.46. The van der Waals surface area contributed by atoms with Crippen LogP contribution in [0.3, 0.4) is 0 Å². The van der Waals surface area contributed by atoms with Crippen molar-refractivity contribution < 1.29 is 19.1 Å². The molecule has 2 amide bonds. The van der Waals surface area contributed by atoms with Crippen LogP contribution < -0.4 is 15.0 Å². The number of nitrogens with zero attached hydrogens (tertiary/aromatic N) is 5. The molecule has 2 aromatic heterocycles. The Hall–Kier alpha value is -3.86. The molecule has 188 valence electrons. The van der Waals surface area contributed by atoms with Crippen LogP contribution in [-0.2, 0) is 23.0 Å². The second-order valence-corrected chi connectivity index (χ2v) is 9.53. The highest BCUT2D eigenvalue weighted by Gasteiger charge is 2.41. The van der Waals surface area contributed by atoms with Crippen LogP contribution in [0.15, 0.2) is 30.6 Å². The average molecular weight is 492 g/mol. The molecule has 3 aliphatic rings. The Kier molecular flexibility index (Phi) is 5.63.